The van der Waals surface area contributed by atoms with Gasteiger partial charge in [0.25, 0.3) is 0 Å². The van der Waals surface area contributed by atoms with Gasteiger partial charge < -0.3 is 10.8 Å². The Kier molecular flexibility index (Phi) is 2.32. The third-order valence-electron chi connectivity index (χ3n) is 2.65. The SMILES string of the molecule is C[C@@](O)(CN)C1CCCC1. The monoisotopic (exact) mass is 143 g/mol. The Morgan fingerprint density at radius 2 is 2.00 bits per heavy atom. The minimum absolute atomic E-state index is 0.400. The summed E-state index contributed by atoms with van der Waals surface area (Å²) >= 11 is 0. The summed E-state index contributed by atoms with van der Waals surface area (Å²) in [4.78, 5) is 0. The molecule has 0 aromatic carbocycles. The van der Waals surface area contributed by atoms with Crippen molar-refractivity contribution >= 4 is 0 Å². The Labute approximate surface area is 62.4 Å². The lowest BCUT2D eigenvalue weighted by molar-refractivity contribution is 0.0103. The lowest BCUT2D eigenvalue weighted by Crippen LogP contribution is -2.40. The molecule has 0 saturated heterocycles. The van der Waals surface area contributed by atoms with Crippen LogP contribution < -0.4 is 5.73 Å². The number of nitrogens with two attached hydrogens (primary N) is 1. The molecular formula is C8H17NO. The lowest BCUT2D eigenvalue weighted by Gasteiger charge is -2.28. The molecule has 10 heavy (non-hydrogen) atoms. The third-order valence-corrected chi connectivity index (χ3v) is 2.65. The van der Waals surface area contributed by atoms with Crippen molar-refractivity contribution in [3.63, 3.8) is 0 Å². The maximum Gasteiger partial charge on any atom is 0.0769 e. The van der Waals surface area contributed by atoms with Crippen molar-refractivity contribution in [3.8, 4) is 0 Å². The van der Waals surface area contributed by atoms with E-state index in [-0.39, 0.29) is 0 Å². The molecule has 0 unspecified atom stereocenters. The van der Waals surface area contributed by atoms with E-state index >= 15 is 0 Å². The first-order valence-corrected chi connectivity index (χ1v) is 4.09. The topological polar surface area (TPSA) is 46.2 Å². The van der Waals surface area contributed by atoms with Crippen molar-refractivity contribution in [2.24, 2.45) is 11.7 Å². The molecule has 1 atom stereocenters. The molecule has 3 N–H and O–H groups in total. The van der Waals surface area contributed by atoms with E-state index in [2.05, 4.69) is 0 Å². The molecule has 1 aliphatic rings. The molecule has 60 valence electrons. The van der Waals surface area contributed by atoms with E-state index in [9.17, 15) is 5.11 Å². The summed E-state index contributed by atoms with van der Waals surface area (Å²) in [6.07, 6.45) is 4.84. The molecule has 2 heteroatoms. The Hall–Kier alpha value is -0.0800. The van der Waals surface area contributed by atoms with Crippen molar-refractivity contribution in [1.82, 2.24) is 0 Å². The van der Waals surface area contributed by atoms with E-state index < -0.39 is 5.60 Å². The number of hydrogen-bond donors (Lipinski definition) is 2. The molecule has 0 aliphatic heterocycles. The molecule has 1 aliphatic carbocycles. The van der Waals surface area contributed by atoms with Gasteiger partial charge in [0.05, 0.1) is 5.60 Å². The van der Waals surface area contributed by atoms with Crippen LogP contribution in [0.1, 0.15) is 32.6 Å². The maximum absolute atomic E-state index is 9.70. The Balaban J connectivity index is 2.45. The van der Waals surface area contributed by atoms with Gasteiger partial charge in [0.1, 0.15) is 0 Å². The van der Waals surface area contributed by atoms with Gasteiger partial charge >= 0.3 is 0 Å². The van der Waals surface area contributed by atoms with Crippen molar-refractivity contribution in [2.75, 3.05) is 6.54 Å². The van der Waals surface area contributed by atoms with Crippen LogP contribution in [0, 0.1) is 5.92 Å². The average Bonchev–Trinajstić information content (AvgIpc) is 2.38. The van der Waals surface area contributed by atoms with Crippen LogP contribution in [0.5, 0.6) is 0 Å². The quantitative estimate of drug-likeness (QED) is 0.603. The molecular weight excluding hydrogens is 126 g/mol. The highest BCUT2D eigenvalue weighted by Crippen LogP contribution is 2.33. The fourth-order valence-corrected chi connectivity index (χ4v) is 1.71. The molecule has 2 nitrogen and oxygen atoms in total. The molecule has 0 radical (unpaired) electrons. The van der Waals surface area contributed by atoms with Crippen molar-refractivity contribution in [1.29, 1.82) is 0 Å². The first kappa shape index (κ1) is 8.02. The minimum atomic E-state index is -0.601. The maximum atomic E-state index is 9.70. The second-order valence-corrected chi connectivity index (χ2v) is 3.54. The van der Waals surface area contributed by atoms with Gasteiger partial charge in [-0.1, -0.05) is 12.8 Å². The molecule has 0 bridgehead atoms. The van der Waals surface area contributed by atoms with E-state index in [1.54, 1.807) is 0 Å². The molecule has 1 saturated carbocycles. The van der Waals surface area contributed by atoms with E-state index in [4.69, 9.17) is 5.73 Å². The van der Waals surface area contributed by atoms with Crippen molar-refractivity contribution < 1.29 is 5.11 Å². The van der Waals surface area contributed by atoms with Crippen molar-refractivity contribution in [3.05, 3.63) is 0 Å². The highest BCUT2D eigenvalue weighted by molar-refractivity contribution is 4.85. The van der Waals surface area contributed by atoms with Gasteiger partial charge in [0, 0.05) is 6.54 Å². The number of rotatable bonds is 2. The minimum Gasteiger partial charge on any atom is -0.389 e. The van der Waals surface area contributed by atoms with Gasteiger partial charge in [-0.15, -0.1) is 0 Å². The molecule has 1 rings (SSSR count). The fraction of sp³-hybridized carbons (Fsp3) is 1.00. The first-order valence-electron chi connectivity index (χ1n) is 4.09. The van der Waals surface area contributed by atoms with Gasteiger partial charge in [-0.3, -0.25) is 0 Å². The first-order chi connectivity index (χ1) is 4.67. The summed E-state index contributed by atoms with van der Waals surface area (Å²) in [5, 5.41) is 9.70. The Morgan fingerprint density at radius 3 is 2.40 bits per heavy atom. The Bertz CT molecular complexity index is 106. The van der Waals surface area contributed by atoms with Crippen molar-refractivity contribution in [2.45, 2.75) is 38.2 Å². The van der Waals surface area contributed by atoms with Crippen LogP contribution in [0.4, 0.5) is 0 Å². The zero-order valence-corrected chi connectivity index (χ0v) is 6.64. The van der Waals surface area contributed by atoms with E-state index in [0.717, 1.165) is 12.8 Å². The van der Waals surface area contributed by atoms with Crippen LogP contribution in [-0.4, -0.2) is 17.3 Å². The predicted molar refractivity (Wildman–Crippen MR) is 41.6 cm³/mol. The van der Waals surface area contributed by atoms with Crippen LogP contribution >= 0.6 is 0 Å². The highest BCUT2D eigenvalue weighted by Gasteiger charge is 2.32. The third kappa shape index (κ3) is 1.50. The summed E-state index contributed by atoms with van der Waals surface area (Å²) in [7, 11) is 0. The van der Waals surface area contributed by atoms with E-state index in [1.807, 2.05) is 6.92 Å². The predicted octanol–water partition coefficient (Wildman–Crippen LogP) is 0.886. The summed E-state index contributed by atoms with van der Waals surface area (Å²) in [5.74, 6) is 0.456. The number of hydrogen-bond acceptors (Lipinski definition) is 2. The zero-order chi connectivity index (χ0) is 7.61. The molecule has 1 fully saturated rings. The van der Waals surface area contributed by atoms with Crippen LogP contribution in [0.3, 0.4) is 0 Å². The number of aliphatic hydroxyl groups is 1. The van der Waals surface area contributed by atoms with Crippen LogP contribution in [0.25, 0.3) is 0 Å². The fourth-order valence-electron chi connectivity index (χ4n) is 1.71. The summed E-state index contributed by atoms with van der Waals surface area (Å²) in [5.41, 5.74) is 4.84. The molecule has 0 aromatic rings. The van der Waals surface area contributed by atoms with E-state index in [1.165, 1.54) is 12.8 Å². The normalized spacial score (nSPS) is 26.7. The van der Waals surface area contributed by atoms with Gasteiger partial charge in [-0.05, 0) is 25.7 Å². The van der Waals surface area contributed by atoms with Gasteiger partial charge in [0.15, 0.2) is 0 Å². The highest BCUT2D eigenvalue weighted by atomic mass is 16.3. The van der Waals surface area contributed by atoms with E-state index in [0.29, 0.717) is 12.5 Å². The van der Waals surface area contributed by atoms with Gasteiger partial charge in [-0.25, -0.2) is 0 Å². The second-order valence-electron chi connectivity index (χ2n) is 3.54. The lowest BCUT2D eigenvalue weighted by atomic mass is 9.88. The summed E-state index contributed by atoms with van der Waals surface area (Å²) < 4.78 is 0. The Morgan fingerprint density at radius 1 is 1.50 bits per heavy atom. The molecule has 0 amide bonds. The van der Waals surface area contributed by atoms with Crippen LogP contribution in [0.2, 0.25) is 0 Å². The molecule has 0 aromatic heterocycles. The zero-order valence-electron chi connectivity index (χ0n) is 6.64. The summed E-state index contributed by atoms with van der Waals surface area (Å²) in [6.45, 7) is 2.25. The van der Waals surface area contributed by atoms with Crippen LogP contribution in [-0.2, 0) is 0 Å². The second kappa shape index (κ2) is 2.89. The van der Waals surface area contributed by atoms with Gasteiger partial charge in [-0.2, -0.15) is 0 Å². The van der Waals surface area contributed by atoms with Gasteiger partial charge in [0.2, 0.25) is 0 Å². The average molecular weight is 143 g/mol. The molecule has 0 heterocycles. The van der Waals surface area contributed by atoms with Crippen LogP contribution in [0.15, 0.2) is 0 Å². The molecule has 0 spiro atoms. The summed E-state index contributed by atoms with van der Waals surface area (Å²) in [6, 6.07) is 0. The smallest absolute Gasteiger partial charge is 0.0769 e. The standard InChI is InChI=1S/C8H17NO/c1-8(10,6-9)7-4-2-3-5-7/h7,10H,2-6,9H2,1H3/t8-/m1/s1. The largest absolute Gasteiger partial charge is 0.389 e.